The van der Waals surface area contributed by atoms with Crippen molar-refractivity contribution in [3.8, 4) is 0 Å². The average Bonchev–Trinajstić information content (AvgIpc) is 2.63. The van der Waals surface area contributed by atoms with Crippen molar-refractivity contribution in [2.45, 2.75) is 46.6 Å². The molecule has 108 valence electrons. The summed E-state index contributed by atoms with van der Waals surface area (Å²) in [5.74, 6) is -0.245. The number of imidazole rings is 1. The second-order valence-electron chi connectivity index (χ2n) is 5.93. The van der Waals surface area contributed by atoms with Gasteiger partial charge in [-0.15, -0.1) is 0 Å². The Bertz CT molecular complexity index is 641. The maximum atomic E-state index is 11.4. The lowest BCUT2D eigenvalue weighted by Crippen LogP contribution is -2.17. The standard InChI is InChI=1S/C16H22N2O2/c1-9(2)15(16(19)20)12-6-7-14-13(8-12)17-11(5)18(14)10(3)4/h6-10,15H,1-5H3,(H,19,20). The van der Waals surface area contributed by atoms with Crippen molar-refractivity contribution in [2.75, 3.05) is 0 Å². The third kappa shape index (κ3) is 2.42. The van der Waals surface area contributed by atoms with E-state index in [1.807, 2.05) is 39.0 Å². The zero-order valence-electron chi connectivity index (χ0n) is 12.7. The molecule has 0 amide bonds. The highest BCUT2D eigenvalue weighted by Crippen LogP contribution is 2.29. The van der Waals surface area contributed by atoms with Crippen LogP contribution >= 0.6 is 0 Å². The fraction of sp³-hybridized carbons (Fsp3) is 0.500. The fourth-order valence-electron chi connectivity index (χ4n) is 2.89. The summed E-state index contributed by atoms with van der Waals surface area (Å²) in [4.78, 5) is 16.0. The van der Waals surface area contributed by atoms with Crippen LogP contribution < -0.4 is 0 Å². The van der Waals surface area contributed by atoms with Gasteiger partial charge in [0.15, 0.2) is 0 Å². The number of benzene rings is 1. The van der Waals surface area contributed by atoms with Gasteiger partial charge in [-0.25, -0.2) is 4.98 Å². The number of aryl methyl sites for hydroxylation is 1. The molecular formula is C16H22N2O2. The van der Waals surface area contributed by atoms with Gasteiger partial charge in [0.25, 0.3) is 0 Å². The van der Waals surface area contributed by atoms with Gasteiger partial charge in [-0.1, -0.05) is 19.9 Å². The summed E-state index contributed by atoms with van der Waals surface area (Å²) in [6, 6.07) is 6.16. The Morgan fingerprint density at radius 3 is 2.40 bits per heavy atom. The minimum atomic E-state index is -0.778. The second-order valence-corrected chi connectivity index (χ2v) is 5.93. The molecule has 0 saturated carbocycles. The van der Waals surface area contributed by atoms with Gasteiger partial charge in [-0.3, -0.25) is 4.79 Å². The van der Waals surface area contributed by atoms with Crippen LogP contribution in [0.25, 0.3) is 11.0 Å². The van der Waals surface area contributed by atoms with Gasteiger partial charge in [0.05, 0.1) is 17.0 Å². The van der Waals surface area contributed by atoms with E-state index in [-0.39, 0.29) is 5.92 Å². The molecule has 1 aromatic carbocycles. The monoisotopic (exact) mass is 274 g/mol. The molecule has 2 aromatic rings. The van der Waals surface area contributed by atoms with Gasteiger partial charge in [-0.2, -0.15) is 0 Å². The van der Waals surface area contributed by atoms with Crippen molar-refractivity contribution in [3.63, 3.8) is 0 Å². The van der Waals surface area contributed by atoms with E-state index in [0.29, 0.717) is 6.04 Å². The second kappa shape index (κ2) is 5.27. The van der Waals surface area contributed by atoms with Gasteiger partial charge in [0, 0.05) is 6.04 Å². The van der Waals surface area contributed by atoms with Crippen molar-refractivity contribution in [2.24, 2.45) is 5.92 Å². The number of carboxylic acid groups (broad SMARTS) is 1. The normalized spacial score (nSPS) is 13.3. The fourth-order valence-corrected chi connectivity index (χ4v) is 2.89. The van der Waals surface area contributed by atoms with Crippen LogP contribution in [0.2, 0.25) is 0 Å². The number of hydrogen-bond acceptors (Lipinski definition) is 2. The highest BCUT2D eigenvalue weighted by molar-refractivity contribution is 5.81. The minimum absolute atomic E-state index is 0.0539. The Morgan fingerprint density at radius 1 is 1.25 bits per heavy atom. The Balaban J connectivity index is 2.57. The molecule has 1 atom stereocenters. The van der Waals surface area contributed by atoms with Crippen molar-refractivity contribution in [1.82, 2.24) is 9.55 Å². The summed E-state index contributed by atoms with van der Waals surface area (Å²) >= 11 is 0. The predicted octanol–water partition coefficient (Wildman–Crippen LogP) is 3.75. The third-order valence-corrected chi connectivity index (χ3v) is 3.70. The zero-order chi connectivity index (χ0) is 15.0. The zero-order valence-corrected chi connectivity index (χ0v) is 12.7. The summed E-state index contributed by atoms with van der Waals surface area (Å²) in [6.45, 7) is 10.1. The van der Waals surface area contributed by atoms with E-state index in [2.05, 4.69) is 23.4 Å². The molecule has 1 heterocycles. The molecular weight excluding hydrogens is 252 g/mol. The van der Waals surface area contributed by atoms with Crippen LogP contribution in [-0.2, 0) is 4.79 Å². The summed E-state index contributed by atoms with van der Waals surface area (Å²) in [5, 5.41) is 9.39. The van der Waals surface area contributed by atoms with Crippen LogP contribution in [0.1, 0.15) is 51.0 Å². The van der Waals surface area contributed by atoms with E-state index >= 15 is 0 Å². The molecule has 0 aliphatic heterocycles. The molecule has 0 radical (unpaired) electrons. The van der Waals surface area contributed by atoms with E-state index in [0.717, 1.165) is 22.4 Å². The largest absolute Gasteiger partial charge is 0.481 e. The first-order valence-electron chi connectivity index (χ1n) is 7.04. The van der Waals surface area contributed by atoms with E-state index in [1.165, 1.54) is 0 Å². The topological polar surface area (TPSA) is 55.1 Å². The number of carbonyl (C=O) groups is 1. The minimum Gasteiger partial charge on any atom is -0.481 e. The van der Waals surface area contributed by atoms with Crippen LogP contribution in [0.4, 0.5) is 0 Å². The molecule has 0 spiro atoms. The number of rotatable bonds is 4. The van der Waals surface area contributed by atoms with Crippen LogP contribution in [0.3, 0.4) is 0 Å². The van der Waals surface area contributed by atoms with Gasteiger partial charge in [-0.05, 0) is 44.4 Å². The molecule has 1 aromatic heterocycles. The first-order valence-corrected chi connectivity index (χ1v) is 7.04. The maximum Gasteiger partial charge on any atom is 0.311 e. The van der Waals surface area contributed by atoms with Crippen LogP contribution in [0.15, 0.2) is 18.2 Å². The number of carboxylic acids is 1. The first-order chi connectivity index (χ1) is 9.32. The highest BCUT2D eigenvalue weighted by atomic mass is 16.4. The van der Waals surface area contributed by atoms with Crippen LogP contribution in [0, 0.1) is 12.8 Å². The van der Waals surface area contributed by atoms with E-state index in [9.17, 15) is 9.90 Å². The Kier molecular flexibility index (Phi) is 3.84. The SMILES string of the molecule is Cc1nc2cc(C(C(=O)O)C(C)C)ccc2n1C(C)C. The molecule has 2 rings (SSSR count). The Labute approximate surface area is 119 Å². The Hall–Kier alpha value is -1.84. The number of aromatic nitrogens is 2. The first kappa shape index (κ1) is 14.6. The molecule has 1 unspecified atom stereocenters. The van der Waals surface area contributed by atoms with Crippen molar-refractivity contribution < 1.29 is 9.90 Å². The van der Waals surface area contributed by atoms with Crippen molar-refractivity contribution in [3.05, 3.63) is 29.6 Å². The summed E-state index contributed by atoms with van der Waals surface area (Å²) < 4.78 is 2.17. The van der Waals surface area contributed by atoms with Crippen LogP contribution in [0.5, 0.6) is 0 Å². The molecule has 0 saturated heterocycles. The number of aliphatic carboxylic acids is 1. The Morgan fingerprint density at radius 2 is 1.90 bits per heavy atom. The summed E-state index contributed by atoms with van der Waals surface area (Å²) in [5.41, 5.74) is 2.77. The predicted molar refractivity (Wildman–Crippen MR) is 80.1 cm³/mol. The van der Waals surface area contributed by atoms with Crippen molar-refractivity contribution >= 4 is 17.0 Å². The number of hydrogen-bond donors (Lipinski definition) is 1. The molecule has 4 nitrogen and oxygen atoms in total. The van der Waals surface area contributed by atoms with E-state index in [4.69, 9.17) is 0 Å². The van der Waals surface area contributed by atoms with E-state index in [1.54, 1.807) is 0 Å². The molecule has 0 aliphatic carbocycles. The molecule has 0 aliphatic rings. The molecule has 20 heavy (non-hydrogen) atoms. The number of fused-ring (bicyclic) bond motifs is 1. The highest BCUT2D eigenvalue weighted by Gasteiger charge is 2.24. The lowest BCUT2D eigenvalue weighted by molar-refractivity contribution is -0.139. The van der Waals surface area contributed by atoms with Crippen molar-refractivity contribution in [1.29, 1.82) is 0 Å². The smallest absolute Gasteiger partial charge is 0.311 e. The molecule has 0 fully saturated rings. The van der Waals surface area contributed by atoms with Crippen LogP contribution in [-0.4, -0.2) is 20.6 Å². The molecule has 0 bridgehead atoms. The average molecular weight is 274 g/mol. The maximum absolute atomic E-state index is 11.4. The lowest BCUT2D eigenvalue weighted by atomic mass is 9.88. The summed E-state index contributed by atoms with van der Waals surface area (Å²) in [6.07, 6.45) is 0. The van der Waals surface area contributed by atoms with Gasteiger partial charge < -0.3 is 9.67 Å². The lowest BCUT2D eigenvalue weighted by Gasteiger charge is -2.17. The number of nitrogens with zero attached hydrogens (tertiary/aromatic N) is 2. The third-order valence-electron chi connectivity index (χ3n) is 3.70. The van der Waals surface area contributed by atoms with Gasteiger partial charge in [0.1, 0.15) is 5.82 Å². The molecule has 1 N–H and O–H groups in total. The van der Waals surface area contributed by atoms with Gasteiger partial charge >= 0.3 is 5.97 Å². The van der Waals surface area contributed by atoms with E-state index < -0.39 is 11.9 Å². The molecule has 4 heteroatoms. The summed E-state index contributed by atoms with van der Waals surface area (Å²) in [7, 11) is 0. The quantitative estimate of drug-likeness (QED) is 0.923. The van der Waals surface area contributed by atoms with Gasteiger partial charge in [0.2, 0.25) is 0 Å².